The summed E-state index contributed by atoms with van der Waals surface area (Å²) in [6, 6.07) is 9.47. The molecular formula is C22H23N5O2S. The number of benzene rings is 1. The van der Waals surface area contributed by atoms with E-state index in [-0.39, 0.29) is 18.4 Å². The van der Waals surface area contributed by atoms with Gasteiger partial charge in [-0.2, -0.15) is 5.26 Å². The van der Waals surface area contributed by atoms with Gasteiger partial charge in [0.05, 0.1) is 29.6 Å². The monoisotopic (exact) mass is 421 g/mol. The number of fused-ring (bicyclic) bond motifs is 1. The van der Waals surface area contributed by atoms with Crippen LogP contribution in [-0.4, -0.2) is 59.0 Å². The number of pyridine rings is 1. The smallest absolute Gasteiger partial charge is 0.252 e. The molecule has 1 aromatic heterocycles. The summed E-state index contributed by atoms with van der Waals surface area (Å²) in [4.78, 5) is 33.6. The molecule has 0 radical (unpaired) electrons. The van der Waals surface area contributed by atoms with Crippen LogP contribution in [-0.2, 0) is 4.79 Å². The average Bonchev–Trinajstić information content (AvgIpc) is 3.18. The molecule has 0 bridgehead atoms. The van der Waals surface area contributed by atoms with Crippen LogP contribution < -0.4 is 10.2 Å². The molecule has 5 rings (SSSR count). The van der Waals surface area contributed by atoms with Crippen molar-refractivity contribution in [1.82, 2.24) is 15.2 Å². The highest BCUT2D eigenvalue weighted by Gasteiger charge is 2.47. The molecule has 2 saturated heterocycles. The highest BCUT2D eigenvalue weighted by Crippen LogP contribution is 2.49. The van der Waals surface area contributed by atoms with Crippen LogP contribution in [0.3, 0.4) is 0 Å². The molecule has 154 valence electrons. The SMILES string of the molecule is N#CC1CSCN1C(=O)CNC(=O)c1ccnc2ccc(N3CC4(CCC4)C3)cc12. The van der Waals surface area contributed by atoms with Crippen molar-refractivity contribution in [3.8, 4) is 6.07 Å². The topological polar surface area (TPSA) is 89.3 Å². The summed E-state index contributed by atoms with van der Waals surface area (Å²) in [7, 11) is 0. The van der Waals surface area contributed by atoms with Gasteiger partial charge in [0.15, 0.2) is 0 Å². The van der Waals surface area contributed by atoms with Crippen LogP contribution in [0.1, 0.15) is 29.6 Å². The number of carbonyl (C=O) groups is 2. The highest BCUT2D eigenvalue weighted by molar-refractivity contribution is 7.99. The Balaban J connectivity index is 1.31. The number of anilines is 1. The summed E-state index contributed by atoms with van der Waals surface area (Å²) in [6.45, 7) is 2.06. The van der Waals surface area contributed by atoms with E-state index < -0.39 is 6.04 Å². The average molecular weight is 422 g/mol. The van der Waals surface area contributed by atoms with Gasteiger partial charge in [-0.3, -0.25) is 14.6 Å². The van der Waals surface area contributed by atoms with Crippen LogP contribution in [0.2, 0.25) is 0 Å². The molecule has 1 saturated carbocycles. The molecule has 2 aromatic rings. The fourth-order valence-electron chi connectivity index (χ4n) is 4.62. The van der Waals surface area contributed by atoms with Gasteiger partial charge >= 0.3 is 0 Å². The summed E-state index contributed by atoms with van der Waals surface area (Å²) in [5.74, 6) is 0.579. The molecule has 3 aliphatic rings. The van der Waals surface area contributed by atoms with E-state index in [0.717, 1.165) is 29.7 Å². The minimum atomic E-state index is -0.417. The molecule has 1 aromatic carbocycles. The number of nitrogens with zero attached hydrogens (tertiary/aromatic N) is 4. The first kappa shape index (κ1) is 19.2. The van der Waals surface area contributed by atoms with Crippen LogP contribution in [0.25, 0.3) is 10.9 Å². The molecule has 3 heterocycles. The van der Waals surface area contributed by atoms with E-state index in [0.29, 0.717) is 22.6 Å². The standard InChI is InChI=1S/C22H23N5O2S/c23-9-16-11-30-14-27(16)20(28)10-25-21(29)17-4-7-24-19-3-2-15(8-18(17)19)26-12-22(13-26)5-1-6-22/h2-4,7-8,16H,1,5-6,10-14H2,(H,25,29). The number of nitriles is 1. The van der Waals surface area contributed by atoms with Gasteiger partial charge in [0.1, 0.15) is 6.04 Å². The third-order valence-corrected chi connectivity index (χ3v) is 7.57. The van der Waals surface area contributed by atoms with Gasteiger partial charge in [-0.05, 0) is 37.1 Å². The number of hydrogen-bond acceptors (Lipinski definition) is 6. The fourth-order valence-corrected chi connectivity index (χ4v) is 5.72. The van der Waals surface area contributed by atoms with Crippen LogP contribution in [0.15, 0.2) is 30.5 Å². The van der Waals surface area contributed by atoms with E-state index in [9.17, 15) is 9.59 Å². The second-order valence-corrected chi connectivity index (χ2v) is 9.46. The van der Waals surface area contributed by atoms with Gasteiger partial charge in [0.2, 0.25) is 5.91 Å². The Bertz CT molecular complexity index is 1050. The van der Waals surface area contributed by atoms with Crippen molar-refractivity contribution in [1.29, 1.82) is 5.26 Å². The molecule has 2 amide bonds. The van der Waals surface area contributed by atoms with Gasteiger partial charge < -0.3 is 15.1 Å². The van der Waals surface area contributed by atoms with E-state index in [1.165, 1.54) is 24.2 Å². The zero-order chi connectivity index (χ0) is 20.7. The van der Waals surface area contributed by atoms with E-state index in [2.05, 4.69) is 27.3 Å². The predicted molar refractivity (Wildman–Crippen MR) is 116 cm³/mol. The van der Waals surface area contributed by atoms with Crippen LogP contribution >= 0.6 is 11.8 Å². The number of hydrogen-bond donors (Lipinski definition) is 1. The lowest BCUT2D eigenvalue weighted by atomic mass is 9.63. The van der Waals surface area contributed by atoms with Crippen LogP contribution in [0, 0.1) is 16.7 Å². The third-order valence-electron chi connectivity index (χ3n) is 6.55. The minimum Gasteiger partial charge on any atom is -0.370 e. The Morgan fingerprint density at radius 3 is 2.87 bits per heavy atom. The Morgan fingerprint density at radius 1 is 1.30 bits per heavy atom. The van der Waals surface area contributed by atoms with Crippen molar-refractivity contribution >= 4 is 40.2 Å². The molecule has 30 heavy (non-hydrogen) atoms. The Hall–Kier alpha value is -2.79. The van der Waals surface area contributed by atoms with Crippen molar-refractivity contribution in [3.05, 3.63) is 36.0 Å². The summed E-state index contributed by atoms with van der Waals surface area (Å²) < 4.78 is 0. The van der Waals surface area contributed by atoms with Crippen LogP contribution in [0.5, 0.6) is 0 Å². The predicted octanol–water partition coefficient (Wildman–Crippen LogP) is 2.38. The fraction of sp³-hybridized carbons (Fsp3) is 0.455. The molecule has 1 N–H and O–H groups in total. The number of thioether (sulfide) groups is 1. The maximum atomic E-state index is 12.9. The zero-order valence-electron chi connectivity index (χ0n) is 16.6. The number of nitrogens with one attached hydrogen (secondary N) is 1. The second kappa shape index (κ2) is 7.47. The molecule has 1 aliphatic carbocycles. The summed E-state index contributed by atoms with van der Waals surface area (Å²) >= 11 is 1.55. The number of amides is 2. The van der Waals surface area contributed by atoms with Crippen molar-refractivity contribution < 1.29 is 9.59 Å². The highest BCUT2D eigenvalue weighted by atomic mass is 32.2. The Morgan fingerprint density at radius 2 is 2.13 bits per heavy atom. The molecule has 8 heteroatoms. The van der Waals surface area contributed by atoms with Crippen molar-refractivity contribution in [2.75, 3.05) is 36.2 Å². The number of aromatic nitrogens is 1. The molecule has 7 nitrogen and oxygen atoms in total. The summed E-state index contributed by atoms with van der Waals surface area (Å²) in [5.41, 5.74) is 2.92. The van der Waals surface area contributed by atoms with E-state index in [1.54, 1.807) is 24.0 Å². The maximum absolute atomic E-state index is 12.9. The van der Waals surface area contributed by atoms with Gasteiger partial charge in [0, 0.05) is 41.5 Å². The number of carbonyl (C=O) groups excluding carboxylic acids is 2. The first-order valence-electron chi connectivity index (χ1n) is 10.3. The first-order valence-corrected chi connectivity index (χ1v) is 11.4. The lowest BCUT2D eigenvalue weighted by Crippen LogP contribution is -2.59. The second-order valence-electron chi connectivity index (χ2n) is 8.46. The summed E-state index contributed by atoms with van der Waals surface area (Å²) in [6.07, 6.45) is 5.60. The summed E-state index contributed by atoms with van der Waals surface area (Å²) in [5, 5.41) is 12.7. The van der Waals surface area contributed by atoms with Crippen LogP contribution in [0.4, 0.5) is 5.69 Å². The molecular weight excluding hydrogens is 398 g/mol. The lowest BCUT2D eigenvalue weighted by molar-refractivity contribution is -0.129. The molecule has 2 aliphatic heterocycles. The lowest BCUT2D eigenvalue weighted by Gasteiger charge is -2.57. The van der Waals surface area contributed by atoms with E-state index in [1.807, 2.05) is 12.1 Å². The largest absolute Gasteiger partial charge is 0.370 e. The van der Waals surface area contributed by atoms with Gasteiger partial charge in [-0.1, -0.05) is 6.42 Å². The maximum Gasteiger partial charge on any atom is 0.252 e. The van der Waals surface area contributed by atoms with E-state index >= 15 is 0 Å². The quantitative estimate of drug-likeness (QED) is 0.815. The van der Waals surface area contributed by atoms with Crippen molar-refractivity contribution in [2.24, 2.45) is 5.41 Å². The molecule has 1 atom stereocenters. The van der Waals surface area contributed by atoms with Crippen molar-refractivity contribution in [2.45, 2.75) is 25.3 Å². The Kier molecular flexibility index (Phi) is 4.78. The third kappa shape index (κ3) is 3.27. The van der Waals surface area contributed by atoms with Crippen molar-refractivity contribution in [3.63, 3.8) is 0 Å². The minimum absolute atomic E-state index is 0.115. The first-order chi connectivity index (χ1) is 14.6. The van der Waals surface area contributed by atoms with E-state index in [4.69, 9.17) is 5.26 Å². The molecule has 1 spiro atoms. The molecule has 1 unspecified atom stereocenters. The zero-order valence-corrected chi connectivity index (χ0v) is 17.5. The normalized spacial score (nSPS) is 21.8. The number of rotatable bonds is 4. The Labute approximate surface area is 179 Å². The molecule has 3 fully saturated rings. The van der Waals surface area contributed by atoms with Gasteiger partial charge in [-0.15, -0.1) is 11.8 Å². The van der Waals surface area contributed by atoms with Gasteiger partial charge in [-0.25, -0.2) is 0 Å². The van der Waals surface area contributed by atoms with Gasteiger partial charge in [0.25, 0.3) is 5.91 Å².